The number of amides is 1. The SMILES string of the molecule is CN(C)C(=O)CNC(=NCc1ccoc1)NC1CC2CCC1C2. The topological polar surface area (TPSA) is 69.9 Å². The van der Waals surface area contributed by atoms with E-state index in [2.05, 4.69) is 15.6 Å². The molecule has 6 heteroatoms. The molecule has 6 nitrogen and oxygen atoms in total. The lowest BCUT2D eigenvalue weighted by Gasteiger charge is -2.25. The predicted octanol–water partition coefficient (Wildman–Crippen LogP) is 1.59. The quantitative estimate of drug-likeness (QED) is 0.639. The van der Waals surface area contributed by atoms with Crippen molar-refractivity contribution < 1.29 is 9.21 Å². The average molecular weight is 318 g/mol. The van der Waals surface area contributed by atoms with Gasteiger partial charge in [-0.1, -0.05) is 6.42 Å². The van der Waals surface area contributed by atoms with Crippen LogP contribution in [0.15, 0.2) is 28.0 Å². The predicted molar refractivity (Wildman–Crippen MR) is 88.9 cm³/mol. The Balaban J connectivity index is 1.60. The van der Waals surface area contributed by atoms with Crippen LogP contribution in [0.2, 0.25) is 0 Å². The van der Waals surface area contributed by atoms with Crippen molar-refractivity contribution >= 4 is 11.9 Å². The number of guanidine groups is 1. The summed E-state index contributed by atoms with van der Waals surface area (Å²) in [5.74, 6) is 2.39. The Morgan fingerprint density at radius 3 is 2.87 bits per heavy atom. The van der Waals surface area contributed by atoms with Crippen LogP contribution in [-0.4, -0.2) is 43.4 Å². The maximum atomic E-state index is 11.8. The number of hydrogen-bond donors (Lipinski definition) is 2. The number of fused-ring (bicyclic) bond motifs is 2. The Hall–Kier alpha value is -1.98. The van der Waals surface area contributed by atoms with E-state index in [4.69, 9.17) is 4.42 Å². The third kappa shape index (κ3) is 4.06. The molecule has 1 aromatic rings. The lowest BCUT2D eigenvalue weighted by Crippen LogP contribution is -2.48. The van der Waals surface area contributed by atoms with Gasteiger partial charge in [0.15, 0.2) is 5.96 Å². The van der Waals surface area contributed by atoms with Gasteiger partial charge >= 0.3 is 0 Å². The zero-order valence-electron chi connectivity index (χ0n) is 13.9. The van der Waals surface area contributed by atoms with Gasteiger partial charge in [-0.05, 0) is 37.2 Å². The number of likely N-dealkylation sites (N-methyl/N-ethyl adjacent to an activating group) is 1. The molecule has 2 N–H and O–H groups in total. The van der Waals surface area contributed by atoms with E-state index in [9.17, 15) is 4.79 Å². The molecule has 0 spiro atoms. The number of rotatable bonds is 5. The molecule has 2 aliphatic rings. The first kappa shape index (κ1) is 15.9. The lowest BCUT2D eigenvalue weighted by molar-refractivity contribution is -0.127. The molecule has 0 aromatic carbocycles. The third-order valence-corrected chi connectivity index (χ3v) is 4.97. The molecule has 2 fully saturated rings. The Bertz CT molecular complexity index is 553. The van der Waals surface area contributed by atoms with Gasteiger partial charge in [-0.25, -0.2) is 4.99 Å². The van der Waals surface area contributed by atoms with Crippen molar-refractivity contribution in [1.29, 1.82) is 0 Å². The van der Waals surface area contributed by atoms with E-state index in [1.54, 1.807) is 31.5 Å². The molecule has 2 aliphatic carbocycles. The van der Waals surface area contributed by atoms with Crippen LogP contribution in [0.1, 0.15) is 31.2 Å². The van der Waals surface area contributed by atoms with Crippen LogP contribution in [-0.2, 0) is 11.3 Å². The van der Waals surface area contributed by atoms with Crippen molar-refractivity contribution in [2.45, 2.75) is 38.3 Å². The summed E-state index contributed by atoms with van der Waals surface area (Å²) in [6.07, 6.45) is 8.59. The maximum Gasteiger partial charge on any atom is 0.241 e. The molecule has 126 valence electrons. The smallest absolute Gasteiger partial charge is 0.241 e. The fourth-order valence-corrected chi connectivity index (χ4v) is 3.62. The molecule has 0 radical (unpaired) electrons. The maximum absolute atomic E-state index is 11.8. The van der Waals surface area contributed by atoms with Gasteiger partial charge in [-0.3, -0.25) is 4.79 Å². The van der Waals surface area contributed by atoms with E-state index in [0.717, 1.165) is 23.4 Å². The summed E-state index contributed by atoms with van der Waals surface area (Å²) in [5.41, 5.74) is 1.03. The van der Waals surface area contributed by atoms with Gasteiger partial charge in [0.25, 0.3) is 0 Å². The molecule has 3 rings (SSSR count). The molecule has 23 heavy (non-hydrogen) atoms. The van der Waals surface area contributed by atoms with Crippen LogP contribution in [0.3, 0.4) is 0 Å². The summed E-state index contributed by atoms with van der Waals surface area (Å²) in [6, 6.07) is 2.39. The highest BCUT2D eigenvalue weighted by Crippen LogP contribution is 2.44. The van der Waals surface area contributed by atoms with Crippen molar-refractivity contribution in [2.24, 2.45) is 16.8 Å². The number of aliphatic imine (C=N–C) groups is 1. The largest absolute Gasteiger partial charge is 0.472 e. The van der Waals surface area contributed by atoms with E-state index < -0.39 is 0 Å². The van der Waals surface area contributed by atoms with Gasteiger partial charge in [-0.2, -0.15) is 0 Å². The van der Waals surface area contributed by atoms with Crippen LogP contribution < -0.4 is 10.6 Å². The highest BCUT2D eigenvalue weighted by Gasteiger charge is 2.39. The van der Waals surface area contributed by atoms with Crippen LogP contribution in [0, 0.1) is 11.8 Å². The number of nitrogens with one attached hydrogen (secondary N) is 2. The van der Waals surface area contributed by atoms with Crippen molar-refractivity contribution in [2.75, 3.05) is 20.6 Å². The van der Waals surface area contributed by atoms with E-state index in [0.29, 0.717) is 12.6 Å². The molecule has 0 saturated heterocycles. The second-order valence-electron chi connectivity index (χ2n) is 6.86. The molecule has 1 aromatic heterocycles. The second-order valence-corrected chi connectivity index (χ2v) is 6.86. The van der Waals surface area contributed by atoms with E-state index in [-0.39, 0.29) is 12.5 Å². The summed E-state index contributed by atoms with van der Waals surface area (Å²) in [7, 11) is 3.52. The van der Waals surface area contributed by atoms with Crippen molar-refractivity contribution in [3.63, 3.8) is 0 Å². The van der Waals surface area contributed by atoms with E-state index >= 15 is 0 Å². The summed E-state index contributed by atoms with van der Waals surface area (Å²) in [5, 5.41) is 6.71. The Morgan fingerprint density at radius 2 is 2.26 bits per heavy atom. The molecule has 2 bridgehead atoms. The van der Waals surface area contributed by atoms with Crippen LogP contribution >= 0.6 is 0 Å². The zero-order valence-corrected chi connectivity index (χ0v) is 13.9. The average Bonchev–Trinajstić information content (AvgIpc) is 3.26. The highest BCUT2D eigenvalue weighted by molar-refractivity contribution is 5.86. The summed E-state index contributed by atoms with van der Waals surface area (Å²) in [4.78, 5) is 18.0. The van der Waals surface area contributed by atoms with Crippen LogP contribution in [0.4, 0.5) is 0 Å². The number of hydrogen-bond acceptors (Lipinski definition) is 3. The molecular formula is C17H26N4O2. The third-order valence-electron chi connectivity index (χ3n) is 4.97. The second kappa shape index (κ2) is 7.06. The Kier molecular flexibility index (Phi) is 4.88. The lowest BCUT2D eigenvalue weighted by atomic mass is 9.95. The minimum atomic E-state index is 0.0377. The molecule has 1 heterocycles. The van der Waals surface area contributed by atoms with Crippen LogP contribution in [0.25, 0.3) is 0 Å². The zero-order chi connectivity index (χ0) is 16.2. The molecule has 0 aliphatic heterocycles. The van der Waals surface area contributed by atoms with Crippen molar-refractivity contribution in [3.8, 4) is 0 Å². The molecule has 2 saturated carbocycles. The van der Waals surface area contributed by atoms with Crippen LogP contribution in [0.5, 0.6) is 0 Å². The number of furan rings is 1. The van der Waals surface area contributed by atoms with Gasteiger partial charge in [-0.15, -0.1) is 0 Å². The fraction of sp³-hybridized carbons (Fsp3) is 0.647. The highest BCUT2D eigenvalue weighted by atomic mass is 16.3. The molecule has 1 amide bonds. The molecule has 3 atom stereocenters. The molecule has 3 unspecified atom stereocenters. The fourth-order valence-electron chi connectivity index (χ4n) is 3.62. The van der Waals surface area contributed by atoms with Crippen molar-refractivity contribution in [3.05, 3.63) is 24.2 Å². The van der Waals surface area contributed by atoms with Gasteiger partial charge in [0.05, 0.1) is 25.6 Å². The monoisotopic (exact) mass is 318 g/mol. The summed E-state index contributed by atoms with van der Waals surface area (Å²) < 4.78 is 5.08. The summed E-state index contributed by atoms with van der Waals surface area (Å²) >= 11 is 0. The molecular weight excluding hydrogens is 292 g/mol. The Morgan fingerprint density at radius 1 is 1.39 bits per heavy atom. The number of carbonyl (C=O) groups is 1. The minimum absolute atomic E-state index is 0.0377. The van der Waals surface area contributed by atoms with Gasteiger partial charge < -0.3 is 20.0 Å². The normalized spacial score (nSPS) is 26.3. The minimum Gasteiger partial charge on any atom is -0.472 e. The van der Waals surface area contributed by atoms with Gasteiger partial charge in [0.2, 0.25) is 5.91 Å². The van der Waals surface area contributed by atoms with Crippen molar-refractivity contribution in [1.82, 2.24) is 15.5 Å². The standard InChI is InChI=1S/C17H26N4O2/c1-21(2)16(22)10-19-17(18-9-13-5-6-23-11-13)20-15-8-12-3-4-14(15)7-12/h5-6,11-12,14-15H,3-4,7-10H2,1-2H3,(H2,18,19,20). The van der Waals surface area contributed by atoms with E-state index in [1.165, 1.54) is 25.7 Å². The Labute approximate surface area is 137 Å². The van der Waals surface area contributed by atoms with Gasteiger partial charge in [0, 0.05) is 25.7 Å². The number of nitrogens with zero attached hydrogens (tertiary/aromatic N) is 2. The first-order chi connectivity index (χ1) is 11.1. The first-order valence-electron chi connectivity index (χ1n) is 8.38. The first-order valence-corrected chi connectivity index (χ1v) is 8.38. The number of carbonyl (C=O) groups excluding carboxylic acids is 1. The summed E-state index contributed by atoms with van der Waals surface area (Å²) in [6.45, 7) is 0.799. The van der Waals surface area contributed by atoms with Gasteiger partial charge in [0.1, 0.15) is 0 Å². The van der Waals surface area contributed by atoms with E-state index in [1.807, 2.05) is 6.07 Å².